The Morgan fingerprint density at radius 3 is 2.83 bits per heavy atom. The summed E-state index contributed by atoms with van der Waals surface area (Å²) in [5.74, 6) is -0.280. The summed E-state index contributed by atoms with van der Waals surface area (Å²) in [6.07, 6.45) is 2.17. The zero-order valence-corrected chi connectivity index (χ0v) is 16.9. The number of likely N-dealkylation sites (tertiary alicyclic amines) is 1. The zero-order chi connectivity index (χ0) is 20.8. The Balaban J connectivity index is 1.60. The molecule has 0 unspecified atom stereocenters. The predicted octanol–water partition coefficient (Wildman–Crippen LogP) is 2.30. The van der Waals surface area contributed by atoms with E-state index in [1.165, 1.54) is 16.7 Å². The average molecular weight is 417 g/mol. The number of thioether (sulfide) groups is 1. The second-order valence-electron chi connectivity index (χ2n) is 6.79. The number of piperidine rings is 1. The maximum atomic E-state index is 12.6. The fraction of sp³-hybridized carbons (Fsp3) is 0.400. The van der Waals surface area contributed by atoms with E-state index in [0.717, 1.165) is 29.2 Å². The first-order chi connectivity index (χ1) is 14.0. The molecule has 2 amide bonds. The topological polar surface area (TPSA) is 116 Å². The quantitative estimate of drug-likeness (QED) is 0.543. The summed E-state index contributed by atoms with van der Waals surface area (Å²) in [6, 6.07) is 8.21. The van der Waals surface area contributed by atoms with Gasteiger partial charge in [-0.15, -0.1) is 11.8 Å². The molecule has 29 heavy (non-hydrogen) atoms. The van der Waals surface area contributed by atoms with Crippen molar-refractivity contribution in [3.63, 3.8) is 0 Å². The highest BCUT2D eigenvalue weighted by molar-refractivity contribution is 7.98. The number of ether oxygens (including phenoxy) is 1. The molecule has 0 saturated carbocycles. The number of benzene rings is 1. The van der Waals surface area contributed by atoms with E-state index in [0.29, 0.717) is 24.3 Å². The number of primary amides is 1. The van der Waals surface area contributed by atoms with E-state index < -0.39 is 30.4 Å². The van der Waals surface area contributed by atoms with E-state index >= 15 is 0 Å². The van der Waals surface area contributed by atoms with Gasteiger partial charge in [-0.3, -0.25) is 9.59 Å². The van der Waals surface area contributed by atoms with E-state index in [2.05, 4.69) is 5.16 Å². The molecule has 1 saturated heterocycles. The van der Waals surface area contributed by atoms with Crippen LogP contribution in [0.15, 0.2) is 39.8 Å². The molecule has 154 valence electrons. The fourth-order valence-corrected chi connectivity index (χ4v) is 4.13. The molecule has 0 bridgehead atoms. The molecular formula is C20H23N3O5S. The number of hydrogen-bond acceptors (Lipinski definition) is 7. The Morgan fingerprint density at radius 1 is 1.31 bits per heavy atom. The summed E-state index contributed by atoms with van der Waals surface area (Å²) in [5.41, 5.74) is 6.53. The van der Waals surface area contributed by atoms with Crippen molar-refractivity contribution >= 4 is 29.5 Å². The Morgan fingerprint density at radius 2 is 2.10 bits per heavy atom. The number of carbonyl (C=O) groups is 3. The van der Waals surface area contributed by atoms with Gasteiger partial charge in [0.1, 0.15) is 11.8 Å². The van der Waals surface area contributed by atoms with E-state index in [1.807, 2.05) is 25.1 Å². The highest BCUT2D eigenvalue weighted by Gasteiger charge is 2.31. The van der Waals surface area contributed by atoms with Gasteiger partial charge in [-0.05, 0) is 38.3 Å². The molecule has 2 heterocycles. The molecule has 8 nitrogen and oxygen atoms in total. The third-order valence-corrected chi connectivity index (χ3v) is 5.74. The van der Waals surface area contributed by atoms with Gasteiger partial charge in [0, 0.05) is 23.3 Å². The Hall–Kier alpha value is -2.81. The van der Waals surface area contributed by atoms with Gasteiger partial charge in [0.05, 0.1) is 11.3 Å². The lowest BCUT2D eigenvalue weighted by molar-refractivity contribution is -0.143. The van der Waals surface area contributed by atoms with Gasteiger partial charge in [0.25, 0.3) is 5.91 Å². The standard InChI is InChI=1S/C20H23N3O5S/c1-13-10-14(22-28-13)12-29-17-8-3-2-6-15(17)20(26)27-11-18(24)23-9-5-4-7-16(23)19(21)25/h2-3,6,8,10,16H,4-5,7,9,11-12H2,1H3,(H2,21,25)/t16-/m0/s1. The van der Waals surface area contributed by atoms with E-state index in [-0.39, 0.29) is 0 Å². The molecular weight excluding hydrogens is 394 g/mol. The summed E-state index contributed by atoms with van der Waals surface area (Å²) < 4.78 is 10.3. The molecule has 0 spiro atoms. The molecule has 2 aromatic rings. The van der Waals surface area contributed by atoms with Crippen LogP contribution in [-0.4, -0.2) is 47.0 Å². The van der Waals surface area contributed by atoms with Crippen molar-refractivity contribution in [1.82, 2.24) is 10.1 Å². The lowest BCUT2D eigenvalue weighted by Crippen LogP contribution is -2.51. The SMILES string of the molecule is Cc1cc(CSc2ccccc2C(=O)OCC(=O)N2CCCC[C@H]2C(N)=O)no1. The molecule has 3 rings (SSSR count). The first-order valence-corrected chi connectivity index (χ1v) is 10.3. The third-order valence-electron chi connectivity index (χ3n) is 4.64. The van der Waals surface area contributed by atoms with Gasteiger partial charge in [0.15, 0.2) is 6.61 Å². The van der Waals surface area contributed by atoms with Crippen LogP contribution in [0.5, 0.6) is 0 Å². The van der Waals surface area contributed by atoms with E-state index in [1.54, 1.807) is 12.1 Å². The summed E-state index contributed by atoms with van der Waals surface area (Å²) in [4.78, 5) is 38.7. The monoisotopic (exact) mass is 417 g/mol. The minimum Gasteiger partial charge on any atom is -0.452 e. The first-order valence-electron chi connectivity index (χ1n) is 9.35. The highest BCUT2D eigenvalue weighted by Crippen LogP contribution is 2.27. The van der Waals surface area contributed by atoms with Gasteiger partial charge >= 0.3 is 5.97 Å². The van der Waals surface area contributed by atoms with Gasteiger partial charge in [-0.2, -0.15) is 0 Å². The molecule has 1 aliphatic rings. The maximum Gasteiger partial charge on any atom is 0.339 e. The fourth-order valence-electron chi connectivity index (χ4n) is 3.21. The Labute approximate surface area is 172 Å². The average Bonchev–Trinajstić information content (AvgIpc) is 3.15. The van der Waals surface area contributed by atoms with Crippen LogP contribution >= 0.6 is 11.8 Å². The lowest BCUT2D eigenvalue weighted by atomic mass is 10.0. The molecule has 9 heteroatoms. The molecule has 0 radical (unpaired) electrons. The molecule has 1 aromatic heterocycles. The van der Waals surface area contributed by atoms with Crippen molar-refractivity contribution in [2.24, 2.45) is 5.73 Å². The van der Waals surface area contributed by atoms with Gasteiger partial charge < -0.3 is 19.9 Å². The molecule has 1 fully saturated rings. The number of nitrogens with two attached hydrogens (primary N) is 1. The number of hydrogen-bond donors (Lipinski definition) is 1. The van der Waals surface area contributed by atoms with Crippen LogP contribution in [0.4, 0.5) is 0 Å². The minimum atomic E-state index is -0.635. The van der Waals surface area contributed by atoms with Crippen LogP contribution in [0.25, 0.3) is 0 Å². The minimum absolute atomic E-state index is 0.371. The largest absolute Gasteiger partial charge is 0.452 e. The number of rotatable bonds is 7. The lowest BCUT2D eigenvalue weighted by Gasteiger charge is -2.33. The van der Waals surface area contributed by atoms with Gasteiger partial charge in [-0.25, -0.2) is 4.79 Å². The second kappa shape index (κ2) is 9.60. The Kier molecular flexibility index (Phi) is 6.92. The Bertz CT molecular complexity index is 898. The molecule has 1 aromatic carbocycles. The second-order valence-corrected chi connectivity index (χ2v) is 7.81. The van der Waals surface area contributed by atoms with E-state index in [9.17, 15) is 14.4 Å². The smallest absolute Gasteiger partial charge is 0.339 e. The van der Waals surface area contributed by atoms with Crippen LogP contribution in [-0.2, 0) is 20.1 Å². The third kappa shape index (κ3) is 5.38. The van der Waals surface area contributed by atoms with Gasteiger partial charge in [-0.1, -0.05) is 17.3 Å². The van der Waals surface area contributed by atoms with E-state index in [4.69, 9.17) is 15.0 Å². The molecule has 0 aliphatic carbocycles. The van der Waals surface area contributed by atoms with Crippen LogP contribution in [0, 0.1) is 6.92 Å². The van der Waals surface area contributed by atoms with Crippen molar-refractivity contribution in [3.8, 4) is 0 Å². The highest BCUT2D eigenvalue weighted by atomic mass is 32.2. The van der Waals surface area contributed by atoms with Crippen molar-refractivity contribution in [2.45, 2.75) is 42.9 Å². The van der Waals surface area contributed by atoms with Gasteiger partial charge in [0.2, 0.25) is 5.91 Å². The number of aromatic nitrogens is 1. The van der Waals surface area contributed by atoms with Crippen molar-refractivity contribution in [1.29, 1.82) is 0 Å². The molecule has 1 atom stereocenters. The predicted molar refractivity (Wildman–Crippen MR) is 106 cm³/mol. The first kappa shape index (κ1) is 20.9. The van der Waals surface area contributed by atoms with Crippen LogP contribution < -0.4 is 5.73 Å². The van der Waals surface area contributed by atoms with Crippen molar-refractivity contribution in [2.75, 3.05) is 13.2 Å². The van der Waals surface area contributed by atoms with Crippen LogP contribution in [0.3, 0.4) is 0 Å². The number of amides is 2. The number of carbonyl (C=O) groups excluding carboxylic acids is 3. The number of nitrogens with zero attached hydrogens (tertiary/aromatic N) is 2. The van der Waals surface area contributed by atoms with Crippen LogP contribution in [0.2, 0.25) is 0 Å². The number of aryl methyl sites for hydroxylation is 1. The summed E-state index contributed by atoms with van der Waals surface area (Å²) in [7, 11) is 0. The summed E-state index contributed by atoms with van der Waals surface area (Å²) >= 11 is 1.43. The summed E-state index contributed by atoms with van der Waals surface area (Å²) in [6.45, 7) is 1.83. The maximum absolute atomic E-state index is 12.6. The van der Waals surface area contributed by atoms with Crippen molar-refractivity contribution < 1.29 is 23.6 Å². The number of esters is 1. The summed E-state index contributed by atoms with van der Waals surface area (Å²) in [5, 5.41) is 3.94. The normalized spacial score (nSPS) is 16.4. The molecule has 2 N–H and O–H groups in total. The van der Waals surface area contributed by atoms with Crippen molar-refractivity contribution in [3.05, 3.63) is 47.3 Å². The zero-order valence-electron chi connectivity index (χ0n) is 16.1. The molecule has 1 aliphatic heterocycles. The van der Waals surface area contributed by atoms with Crippen LogP contribution in [0.1, 0.15) is 41.1 Å².